The smallest absolute Gasteiger partial charge is 0.267 e. The van der Waals surface area contributed by atoms with Gasteiger partial charge in [0.15, 0.2) is 0 Å². The zero-order valence-corrected chi connectivity index (χ0v) is 14.8. The second-order valence-corrected chi connectivity index (χ2v) is 6.55. The van der Waals surface area contributed by atoms with Crippen molar-refractivity contribution in [1.29, 1.82) is 0 Å². The molecule has 5 nitrogen and oxygen atoms in total. The number of nitrogens with one attached hydrogen (secondary N) is 1. The number of benzene rings is 1. The molecule has 0 spiro atoms. The zero-order chi connectivity index (χ0) is 17.7. The molecule has 0 radical (unpaired) electrons. The molecule has 1 heterocycles. The fourth-order valence-corrected chi connectivity index (χ4v) is 2.31. The maximum absolute atomic E-state index is 12.0. The van der Waals surface area contributed by atoms with Crippen LogP contribution in [0, 0.1) is 19.8 Å². The van der Waals surface area contributed by atoms with E-state index >= 15 is 0 Å². The molecule has 1 amide bonds. The molecule has 1 aromatic carbocycles. The molecule has 0 aliphatic rings. The molecule has 2 aromatic rings. The first-order chi connectivity index (χ1) is 11.4. The molecule has 0 aliphatic heterocycles. The highest BCUT2D eigenvalue weighted by Gasteiger charge is 2.08. The average molecular weight is 327 g/mol. The van der Waals surface area contributed by atoms with Crippen LogP contribution in [0.3, 0.4) is 0 Å². The summed E-state index contributed by atoms with van der Waals surface area (Å²) in [6.45, 7) is 8.85. The molecule has 0 atom stereocenters. The number of hydrogen-bond donors (Lipinski definition) is 1. The Hall–Kier alpha value is -2.43. The quantitative estimate of drug-likeness (QED) is 0.887. The number of aromatic nitrogens is 2. The van der Waals surface area contributed by atoms with Crippen LogP contribution in [0.25, 0.3) is 11.3 Å². The first-order valence-electron chi connectivity index (χ1n) is 8.29. The van der Waals surface area contributed by atoms with E-state index in [4.69, 9.17) is 0 Å². The summed E-state index contributed by atoms with van der Waals surface area (Å²) in [7, 11) is 0. The largest absolute Gasteiger partial charge is 0.354 e. The third kappa shape index (κ3) is 4.78. The Kier molecular flexibility index (Phi) is 5.90. The van der Waals surface area contributed by atoms with Gasteiger partial charge in [0.25, 0.3) is 5.56 Å². The minimum Gasteiger partial charge on any atom is -0.354 e. The Morgan fingerprint density at radius 1 is 1.17 bits per heavy atom. The van der Waals surface area contributed by atoms with Crippen LogP contribution in [0.5, 0.6) is 0 Å². The van der Waals surface area contributed by atoms with E-state index in [-0.39, 0.29) is 18.0 Å². The number of nitrogens with zero attached hydrogens (tertiary/aromatic N) is 2. The molecule has 24 heavy (non-hydrogen) atoms. The second-order valence-electron chi connectivity index (χ2n) is 6.55. The first kappa shape index (κ1) is 17.9. The summed E-state index contributed by atoms with van der Waals surface area (Å²) in [6, 6.07) is 9.19. The number of carbonyl (C=O) groups is 1. The van der Waals surface area contributed by atoms with Crippen molar-refractivity contribution in [2.24, 2.45) is 5.92 Å². The van der Waals surface area contributed by atoms with E-state index in [2.05, 4.69) is 31.2 Å². The van der Waals surface area contributed by atoms with Crippen molar-refractivity contribution < 1.29 is 4.79 Å². The molecule has 2 rings (SSSR count). The molecular formula is C19H25N3O2. The Bertz CT molecular complexity index is 778. The van der Waals surface area contributed by atoms with E-state index in [1.165, 1.54) is 21.9 Å². The van der Waals surface area contributed by atoms with Crippen LogP contribution in [0.2, 0.25) is 0 Å². The fourth-order valence-electron chi connectivity index (χ4n) is 2.31. The molecule has 0 fully saturated rings. The Balaban J connectivity index is 2.15. The third-order valence-electron chi connectivity index (χ3n) is 4.01. The fraction of sp³-hybridized carbons (Fsp3) is 0.421. The molecule has 0 saturated carbocycles. The number of rotatable bonds is 6. The minimum atomic E-state index is -0.276. The maximum Gasteiger partial charge on any atom is 0.267 e. The molecule has 1 N–H and O–H groups in total. The summed E-state index contributed by atoms with van der Waals surface area (Å²) >= 11 is 0. The predicted octanol–water partition coefficient (Wildman–Crippen LogP) is 2.69. The van der Waals surface area contributed by atoms with E-state index < -0.39 is 0 Å². The van der Waals surface area contributed by atoms with Gasteiger partial charge < -0.3 is 5.32 Å². The monoisotopic (exact) mass is 327 g/mol. The standard InChI is InChI=1S/C19H25N3O2/c1-13(2)9-10-20-18(23)12-22-19(24)8-7-17(21-22)16-6-5-14(3)15(4)11-16/h5-8,11,13H,9-10,12H2,1-4H3,(H,20,23). The number of aryl methyl sites for hydroxylation is 2. The van der Waals surface area contributed by atoms with Gasteiger partial charge in [0.1, 0.15) is 6.54 Å². The van der Waals surface area contributed by atoms with Gasteiger partial charge in [0.05, 0.1) is 5.69 Å². The third-order valence-corrected chi connectivity index (χ3v) is 4.01. The lowest BCUT2D eigenvalue weighted by Crippen LogP contribution is -2.34. The highest BCUT2D eigenvalue weighted by molar-refractivity contribution is 5.75. The van der Waals surface area contributed by atoms with Gasteiger partial charge in [0, 0.05) is 18.2 Å². The van der Waals surface area contributed by atoms with Gasteiger partial charge in [-0.2, -0.15) is 5.10 Å². The van der Waals surface area contributed by atoms with E-state index in [1.54, 1.807) is 6.07 Å². The van der Waals surface area contributed by atoms with Crippen LogP contribution in [0.1, 0.15) is 31.4 Å². The predicted molar refractivity (Wildman–Crippen MR) is 95.9 cm³/mol. The number of carbonyl (C=O) groups excluding carboxylic acids is 1. The van der Waals surface area contributed by atoms with Crippen LogP contribution in [0.15, 0.2) is 35.1 Å². The number of hydrogen-bond acceptors (Lipinski definition) is 3. The molecule has 128 valence electrons. The van der Waals surface area contributed by atoms with Gasteiger partial charge in [-0.1, -0.05) is 26.0 Å². The molecule has 0 saturated heterocycles. The van der Waals surface area contributed by atoms with Gasteiger partial charge in [-0.3, -0.25) is 9.59 Å². The Morgan fingerprint density at radius 3 is 2.58 bits per heavy atom. The van der Waals surface area contributed by atoms with E-state index in [0.29, 0.717) is 18.2 Å². The molecule has 0 aliphatic carbocycles. The lowest BCUT2D eigenvalue weighted by atomic mass is 10.0. The number of amides is 1. The molecule has 0 bridgehead atoms. The van der Waals surface area contributed by atoms with Crippen LogP contribution in [-0.4, -0.2) is 22.2 Å². The summed E-state index contributed by atoms with van der Waals surface area (Å²) in [5, 5.41) is 7.17. The SMILES string of the molecule is Cc1ccc(-c2ccc(=O)n(CC(=O)NCCC(C)C)n2)cc1C. The van der Waals surface area contributed by atoms with E-state index in [9.17, 15) is 9.59 Å². The van der Waals surface area contributed by atoms with Crippen molar-refractivity contribution in [2.75, 3.05) is 6.54 Å². The van der Waals surface area contributed by atoms with E-state index in [1.807, 2.05) is 25.1 Å². The Labute approximate surface area is 142 Å². The molecular weight excluding hydrogens is 302 g/mol. The second kappa shape index (κ2) is 7.90. The van der Waals surface area contributed by atoms with Crippen molar-refractivity contribution in [3.05, 3.63) is 51.8 Å². The molecule has 0 unspecified atom stereocenters. The van der Waals surface area contributed by atoms with Crippen molar-refractivity contribution >= 4 is 5.91 Å². The average Bonchev–Trinajstić information content (AvgIpc) is 2.52. The molecule has 5 heteroatoms. The van der Waals surface area contributed by atoms with Gasteiger partial charge in [-0.05, 0) is 49.4 Å². The normalized spacial score (nSPS) is 10.9. The lowest BCUT2D eigenvalue weighted by molar-refractivity contribution is -0.121. The van der Waals surface area contributed by atoms with Gasteiger partial charge in [-0.15, -0.1) is 0 Å². The summed E-state index contributed by atoms with van der Waals surface area (Å²) in [5.41, 5.74) is 3.72. The summed E-state index contributed by atoms with van der Waals surface area (Å²) < 4.78 is 1.22. The molecule has 1 aromatic heterocycles. The van der Waals surface area contributed by atoms with Crippen molar-refractivity contribution in [2.45, 2.75) is 40.7 Å². The van der Waals surface area contributed by atoms with Crippen LogP contribution in [0.4, 0.5) is 0 Å². The summed E-state index contributed by atoms with van der Waals surface area (Å²) in [6.07, 6.45) is 0.913. The van der Waals surface area contributed by atoms with Gasteiger partial charge in [-0.25, -0.2) is 4.68 Å². The highest BCUT2D eigenvalue weighted by Crippen LogP contribution is 2.19. The topological polar surface area (TPSA) is 64.0 Å². The summed E-state index contributed by atoms with van der Waals surface area (Å²) in [4.78, 5) is 23.9. The maximum atomic E-state index is 12.0. The van der Waals surface area contributed by atoms with Gasteiger partial charge >= 0.3 is 0 Å². The van der Waals surface area contributed by atoms with Crippen molar-refractivity contribution in [3.8, 4) is 11.3 Å². The van der Waals surface area contributed by atoms with Crippen LogP contribution >= 0.6 is 0 Å². The van der Waals surface area contributed by atoms with E-state index in [0.717, 1.165) is 12.0 Å². The van der Waals surface area contributed by atoms with Crippen LogP contribution < -0.4 is 10.9 Å². The lowest BCUT2D eigenvalue weighted by Gasteiger charge is -2.10. The van der Waals surface area contributed by atoms with Crippen LogP contribution in [-0.2, 0) is 11.3 Å². The Morgan fingerprint density at radius 2 is 1.92 bits per heavy atom. The first-order valence-corrected chi connectivity index (χ1v) is 8.29. The highest BCUT2D eigenvalue weighted by atomic mass is 16.2. The van der Waals surface area contributed by atoms with Gasteiger partial charge in [0.2, 0.25) is 5.91 Å². The van der Waals surface area contributed by atoms with Crippen molar-refractivity contribution in [1.82, 2.24) is 15.1 Å². The summed E-state index contributed by atoms with van der Waals surface area (Å²) in [5.74, 6) is 0.335. The minimum absolute atomic E-state index is 0.0599. The zero-order valence-electron chi connectivity index (χ0n) is 14.8. The van der Waals surface area contributed by atoms with Crippen molar-refractivity contribution in [3.63, 3.8) is 0 Å².